The predicted octanol–water partition coefficient (Wildman–Crippen LogP) is 4.66. The van der Waals surface area contributed by atoms with E-state index in [4.69, 9.17) is 10.3 Å². The lowest BCUT2D eigenvalue weighted by Gasteiger charge is -2.05. The smallest absolute Gasteiger partial charge is 0.230 e. The van der Waals surface area contributed by atoms with E-state index in [2.05, 4.69) is 27.2 Å². The fourth-order valence-electron chi connectivity index (χ4n) is 2.22. The van der Waals surface area contributed by atoms with Gasteiger partial charge in [-0.1, -0.05) is 69.1 Å². The van der Waals surface area contributed by atoms with Crippen molar-refractivity contribution < 1.29 is 4.52 Å². The van der Waals surface area contributed by atoms with Crippen molar-refractivity contribution in [2.24, 2.45) is 0 Å². The van der Waals surface area contributed by atoms with Crippen LogP contribution in [0, 0.1) is 6.92 Å². The molecule has 0 aliphatic carbocycles. The second-order valence-electron chi connectivity index (χ2n) is 4.62. The van der Waals surface area contributed by atoms with Gasteiger partial charge in [0.05, 0.1) is 5.56 Å². The zero-order chi connectivity index (χ0) is 14.1. The van der Waals surface area contributed by atoms with Gasteiger partial charge >= 0.3 is 0 Å². The summed E-state index contributed by atoms with van der Waals surface area (Å²) in [5, 5.41) is 4.12. The molecule has 0 saturated heterocycles. The van der Waals surface area contributed by atoms with Gasteiger partial charge in [0.15, 0.2) is 0 Å². The molecule has 0 bridgehead atoms. The Morgan fingerprint density at radius 3 is 2.65 bits per heavy atom. The second-order valence-corrected chi connectivity index (χ2v) is 5.47. The Balaban J connectivity index is 2.23. The fraction of sp³-hybridized carbons (Fsp3) is 0.0625. The quantitative estimate of drug-likeness (QED) is 0.744. The lowest BCUT2D eigenvalue weighted by atomic mass is 10.00. The lowest BCUT2D eigenvalue weighted by molar-refractivity contribution is 0.439. The molecule has 0 unspecified atom stereocenters. The molecule has 0 fully saturated rings. The number of halogens is 1. The van der Waals surface area contributed by atoms with Crippen LogP contribution in [0.4, 0.5) is 5.88 Å². The number of anilines is 1. The molecule has 3 aromatic rings. The maximum Gasteiger partial charge on any atom is 0.230 e. The Kier molecular flexibility index (Phi) is 3.32. The molecule has 0 atom stereocenters. The zero-order valence-corrected chi connectivity index (χ0v) is 12.5. The van der Waals surface area contributed by atoms with E-state index in [1.165, 1.54) is 5.56 Å². The molecular weight excluding hydrogens is 316 g/mol. The first-order valence-corrected chi connectivity index (χ1v) is 7.03. The molecule has 0 saturated carbocycles. The van der Waals surface area contributed by atoms with Crippen LogP contribution in [0.2, 0.25) is 0 Å². The number of rotatable bonds is 2. The molecule has 0 aliphatic rings. The average molecular weight is 329 g/mol. The minimum Gasteiger partial charge on any atom is -0.367 e. The third kappa shape index (κ3) is 2.23. The highest BCUT2D eigenvalue weighted by atomic mass is 79.9. The van der Waals surface area contributed by atoms with Crippen molar-refractivity contribution in [1.82, 2.24) is 5.16 Å². The first-order chi connectivity index (χ1) is 9.66. The minimum absolute atomic E-state index is 0.335. The van der Waals surface area contributed by atoms with Gasteiger partial charge in [0.25, 0.3) is 0 Å². The van der Waals surface area contributed by atoms with Crippen LogP contribution >= 0.6 is 15.9 Å². The first-order valence-electron chi connectivity index (χ1n) is 6.24. The molecule has 1 heterocycles. The minimum atomic E-state index is 0.335. The van der Waals surface area contributed by atoms with Crippen molar-refractivity contribution in [1.29, 1.82) is 0 Å². The number of hydrogen-bond donors (Lipinski definition) is 1. The number of nitrogen functional groups attached to an aromatic ring is 1. The van der Waals surface area contributed by atoms with Crippen LogP contribution in [0.1, 0.15) is 5.56 Å². The van der Waals surface area contributed by atoms with E-state index in [0.717, 1.165) is 26.9 Å². The average Bonchev–Trinajstić information content (AvgIpc) is 2.81. The number of hydrogen-bond acceptors (Lipinski definition) is 3. The second kappa shape index (κ2) is 5.13. The van der Waals surface area contributed by atoms with Crippen molar-refractivity contribution in [3.05, 3.63) is 58.6 Å². The maximum atomic E-state index is 5.97. The van der Waals surface area contributed by atoms with Crippen LogP contribution in [0.5, 0.6) is 0 Å². The number of benzene rings is 2. The van der Waals surface area contributed by atoms with E-state index in [1.807, 2.05) is 49.4 Å². The number of aromatic nitrogens is 1. The Morgan fingerprint density at radius 1 is 1.10 bits per heavy atom. The predicted molar refractivity (Wildman–Crippen MR) is 84.2 cm³/mol. The Labute approximate surface area is 125 Å². The van der Waals surface area contributed by atoms with E-state index >= 15 is 0 Å². The highest BCUT2D eigenvalue weighted by Gasteiger charge is 2.18. The van der Waals surface area contributed by atoms with Gasteiger partial charge in [-0.25, -0.2) is 0 Å². The van der Waals surface area contributed by atoms with Crippen molar-refractivity contribution in [3.63, 3.8) is 0 Å². The van der Waals surface area contributed by atoms with Gasteiger partial charge in [-0.15, -0.1) is 0 Å². The van der Waals surface area contributed by atoms with Gasteiger partial charge in [-0.2, -0.15) is 0 Å². The number of nitrogens with two attached hydrogens (primary N) is 1. The normalized spacial score (nSPS) is 10.7. The van der Waals surface area contributed by atoms with Crippen LogP contribution in [0.3, 0.4) is 0 Å². The summed E-state index contributed by atoms with van der Waals surface area (Å²) in [7, 11) is 0. The van der Waals surface area contributed by atoms with E-state index in [-0.39, 0.29) is 0 Å². The summed E-state index contributed by atoms with van der Waals surface area (Å²) in [4.78, 5) is 0. The Bertz CT molecular complexity index is 765. The summed E-state index contributed by atoms with van der Waals surface area (Å²) < 4.78 is 6.17. The zero-order valence-electron chi connectivity index (χ0n) is 10.9. The van der Waals surface area contributed by atoms with Crippen LogP contribution in [-0.4, -0.2) is 5.16 Å². The molecule has 0 aliphatic heterocycles. The van der Waals surface area contributed by atoms with E-state index in [9.17, 15) is 0 Å². The third-order valence-electron chi connectivity index (χ3n) is 3.15. The van der Waals surface area contributed by atoms with Crippen molar-refractivity contribution in [3.8, 4) is 22.4 Å². The molecule has 3 rings (SSSR count). The molecule has 2 aromatic carbocycles. The van der Waals surface area contributed by atoms with Crippen LogP contribution < -0.4 is 5.73 Å². The molecule has 0 radical (unpaired) electrons. The largest absolute Gasteiger partial charge is 0.367 e. The van der Waals surface area contributed by atoms with Gasteiger partial charge in [-0.05, 0) is 18.6 Å². The van der Waals surface area contributed by atoms with Crippen LogP contribution in [0.15, 0.2) is 57.5 Å². The highest BCUT2D eigenvalue weighted by molar-refractivity contribution is 9.10. The molecule has 0 amide bonds. The Hall–Kier alpha value is -2.07. The maximum absolute atomic E-state index is 5.97. The topological polar surface area (TPSA) is 52.0 Å². The number of nitrogens with zero attached hydrogens (tertiary/aromatic N) is 1. The van der Waals surface area contributed by atoms with Gasteiger partial charge in [-0.3, -0.25) is 0 Å². The van der Waals surface area contributed by atoms with Crippen molar-refractivity contribution in [2.45, 2.75) is 6.92 Å². The van der Waals surface area contributed by atoms with Gasteiger partial charge < -0.3 is 10.3 Å². The molecule has 1 aromatic heterocycles. The molecule has 4 heteroatoms. The van der Waals surface area contributed by atoms with E-state index in [0.29, 0.717) is 5.88 Å². The summed E-state index contributed by atoms with van der Waals surface area (Å²) in [5.74, 6) is 0.335. The van der Waals surface area contributed by atoms with E-state index < -0.39 is 0 Å². The third-order valence-corrected chi connectivity index (χ3v) is 3.85. The molecule has 2 N–H and O–H groups in total. The molecule has 100 valence electrons. The molecule has 20 heavy (non-hydrogen) atoms. The van der Waals surface area contributed by atoms with E-state index in [1.54, 1.807) is 0 Å². The van der Waals surface area contributed by atoms with Gasteiger partial charge in [0.2, 0.25) is 5.88 Å². The van der Waals surface area contributed by atoms with Crippen molar-refractivity contribution in [2.75, 3.05) is 5.73 Å². The highest BCUT2D eigenvalue weighted by Crippen LogP contribution is 2.38. The number of aryl methyl sites for hydroxylation is 1. The monoisotopic (exact) mass is 328 g/mol. The SMILES string of the molecule is Cc1cccc(-c2c(-c3ccccc3Br)noc2N)c1. The van der Waals surface area contributed by atoms with Crippen LogP contribution in [0.25, 0.3) is 22.4 Å². The van der Waals surface area contributed by atoms with Crippen LogP contribution in [-0.2, 0) is 0 Å². The summed E-state index contributed by atoms with van der Waals surface area (Å²) in [6.45, 7) is 2.05. The first kappa shape index (κ1) is 12.9. The van der Waals surface area contributed by atoms with Gasteiger partial charge in [0.1, 0.15) is 5.69 Å². The van der Waals surface area contributed by atoms with Crippen molar-refractivity contribution >= 4 is 21.8 Å². The molecule has 0 spiro atoms. The molecular formula is C16H13BrN2O. The summed E-state index contributed by atoms with van der Waals surface area (Å²) >= 11 is 3.54. The fourth-order valence-corrected chi connectivity index (χ4v) is 2.69. The lowest BCUT2D eigenvalue weighted by Crippen LogP contribution is -1.89. The standard InChI is InChI=1S/C16H13BrN2O/c1-10-5-4-6-11(9-10)14-15(19-20-16(14)18)12-7-2-3-8-13(12)17/h2-9H,18H2,1H3. The summed E-state index contributed by atoms with van der Waals surface area (Å²) in [6, 6.07) is 16.0. The Morgan fingerprint density at radius 2 is 1.90 bits per heavy atom. The van der Waals surface area contributed by atoms with Gasteiger partial charge in [0, 0.05) is 10.0 Å². The molecule has 3 nitrogen and oxygen atoms in total. The summed E-state index contributed by atoms with van der Waals surface area (Å²) in [5.41, 5.74) is 10.7. The summed E-state index contributed by atoms with van der Waals surface area (Å²) in [6.07, 6.45) is 0.